The lowest BCUT2D eigenvalue weighted by atomic mass is 9.88. The third-order valence-corrected chi connectivity index (χ3v) is 4.20. The van der Waals surface area contributed by atoms with Crippen molar-refractivity contribution in [3.8, 4) is 0 Å². The second-order valence-electron chi connectivity index (χ2n) is 5.67. The lowest BCUT2D eigenvalue weighted by molar-refractivity contribution is 0.161. The molecule has 18 heavy (non-hydrogen) atoms. The van der Waals surface area contributed by atoms with Crippen LogP contribution < -0.4 is 5.73 Å². The van der Waals surface area contributed by atoms with Crippen molar-refractivity contribution in [1.82, 2.24) is 4.90 Å². The van der Waals surface area contributed by atoms with Crippen LogP contribution in [0.3, 0.4) is 0 Å². The highest BCUT2D eigenvalue weighted by Crippen LogP contribution is 2.22. The van der Waals surface area contributed by atoms with Gasteiger partial charge in [0.15, 0.2) is 0 Å². The molecule has 0 radical (unpaired) electrons. The summed E-state index contributed by atoms with van der Waals surface area (Å²) in [5.74, 6) is 0.740. The van der Waals surface area contributed by atoms with Gasteiger partial charge in [-0.1, -0.05) is 36.8 Å². The van der Waals surface area contributed by atoms with E-state index in [0.29, 0.717) is 6.04 Å². The van der Waals surface area contributed by atoms with Gasteiger partial charge < -0.3 is 5.73 Å². The zero-order chi connectivity index (χ0) is 13.0. The zero-order valence-corrected chi connectivity index (χ0v) is 11.7. The summed E-state index contributed by atoms with van der Waals surface area (Å²) in [5, 5.41) is 0. The molecule has 1 unspecified atom stereocenters. The molecule has 2 N–H and O–H groups in total. The topological polar surface area (TPSA) is 29.3 Å². The van der Waals surface area contributed by atoms with Gasteiger partial charge in [-0.3, -0.25) is 4.90 Å². The van der Waals surface area contributed by atoms with Crippen LogP contribution in [-0.4, -0.2) is 24.0 Å². The number of aryl methyl sites for hydroxylation is 1. The van der Waals surface area contributed by atoms with Gasteiger partial charge in [-0.2, -0.15) is 0 Å². The Morgan fingerprint density at radius 3 is 2.67 bits per heavy atom. The average Bonchev–Trinajstić information content (AvgIpc) is 2.39. The van der Waals surface area contributed by atoms with Crippen LogP contribution in [0.1, 0.15) is 37.3 Å². The quantitative estimate of drug-likeness (QED) is 0.885. The molecule has 2 heteroatoms. The van der Waals surface area contributed by atoms with Crippen LogP contribution in [0.25, 0.3) is 0 Å². The van der Waals surface area contributed by atoms with Crippen LogP contribution in [0.15, 0.2) is 24.3 Å². The number of nitrogens with two attached hydrogens (primary N) is 1. The number of rotatable bonds is 4. The van der Waals surface area contributed by atoms with Gasteiger partial charge in [-0.05, 0) is 50.8 Å². The average molecular weight is 246 g/mol. The smallest absolute Gasteiger partial charge is 0.0233 e. The molecular weight excluding hydrogens is 220 g/mol. The maximum atomic E-state index is 6.15. The fraction of sp³-hybridized carbons (Fsp3) is 0.625. The molecule has 0 aliphatic carbocycles. The standard InChI is InChI=1S/C16H26N2/c1-3-16(17)15-7-9-18(10-8-15)12-14-6-4-5-13(2)11-14/h4-6,11,15-16H,3,7-10,12,17H2,1-2H3. The van der Waals surface area contributed by atoms with E-state index in [9.17, 15) is 0 Å². The van der Waals surface area contributed by atoms with Crippen LogP contribution in [-0.2, 0) is 6.54 Å². The van der Waals surface area contributed by atoms with E-state index in [0.717, 1.165) is 18.9 Å². The highest BCUT2D eigenvalue weighted by Gasteiger charge is 2.23. The van der Waals surface area contributed by atoms with Crippen LogP contribution in [0.2, 0.25) is 0 Å². The Labute approximate surface area is 111 Å². The number of piperidine rings is 1. The van der Waals surface area contributed by atoms with Crippen LogP contribution >= 0.6 is 0 Å². The highest BCUT2D eigenvalue weighted by molar-refractivity contribution is 5.22. The fourth-order valence-corrected chi connectivity index (χ4v) is 2.94. The van der Waals surface area contributed by atoms with Crippen molar-refractivity contribution in [2.24, 2.45) is 11.7 Å². The van der Waals surface area contributed by atoms with Crippen molar-refractivity contribution in [3.05, 3.63) is 35.4 Å². The van der Waals surface area contributed by atoms with E-state index in [1.165, 1.54) is 37.1 Å². The first kappa shape index (κ1) is 13.6. The van der Waals surface area contributed by atoms with E-state index in [-0.39, 0.29) is 0 Å². The van der Waals surface area contributed by atoms with Crippen molar-refractivity contribution < 1.29 is 0 Å². The predicted octanol–water partition coefficient (Wildman–Crippen LogP) is 2.94. The summed E-state index contributed by atoms with van der Waals surface area (Å²) in [4.78, 5) is 2.56. The van der Waals surface area contributed by atoms with Crippen molar-refractivity contribution >= 4 is 0 Å². The van der Waals surface area contributed by atoms with Gasteiger partial charge in [-0.15, -0.1) is 0 Å². The summed E-state index contributed by atoms with van der Waals surface area (Å²) in [5.41, 5.74) is 8.94. The van der Waals surface area contributed by atoms with Gasteiger partial charge in [0.05, 0.1) is 0 Å². The number of hydrogen-bond donors (Lipinski definition) is 1. The van der Waals surface area contributed by atoms with Gasteiger partial charge >= 0.3 is 0 Å². The summed E-state index contributed by atoms with van der Waals surface area (Å²) < 4.78 is 0. The molecule has 1 aromatic carbocycles. The molecule has 1 aliphatic heterocycles. The molecule has 1 atom stereocenters. The second kappa shape index (κ2) is 6.35. The summed E-state index contributed by atoms with van der Waals surface area (Å²) in [6.45, 7) is 7.86. The minimum atomic E-state index is 0.408. The monoisotopic (exact) mass is 246 g/mol. The van der Waals surface area contributed by atoms with Gasteiger partial charge in [-0.25, -0.2) is 0 Å². The van der Waals surface area contributed by atoms with Gasteiger partial charge in [0.1, 0.15) is 0 Å². The number of benzene rings is 1. The molecule has 0 saturated carbocycles. The molecule has 2 rings (SSSR count). The molecule has 0 aromatic heterocycles. The molecule has 0 spiro atoms. The van der Waals surface area contributed by atoms with Crippen LogP contribution in [0.5, 0.6) is 0 Å². The van der Waals surface area contributed by atoms with Crippen molar-refractivity contribution in [2.75, 3.05) is 13.1 Å². The normalized spacial score (nSPS) is 19.9. The Balaban J connectivity index is 1.83. The first-order valence-corrected chi connectivity index (χ1v) is 7.22. The Bertz CT molecular complexity index is 367. The number of hydrogen-bond acceptors (Lipinski definition) is 2. The summed E-state index contributed by atoms with van der Waals surface area (Å²) in [6.07, 6.45) is 3.64. The molecule has 0 amide bonds. The van der Waals surface area contributed by atoms with Gasteiger partial charge in [0.2, 0.25) is 0 Å². The summed E-state index contributed by atoms with van der Waals surface area (Å²) in [7, 11) is 0. The minimum Gasteiger partial charge on any atom is -0.327 e. The predicted molar refractivity (Wildman–Crippen MR) is 77.4 cm³/mol. The van der Waals surface area contributed by atoms with E-state index in [1.807, 2.05) is 0 Å². The first-order chi connectivity index (χ1) is 8.69. The largest absolute Gasteiger partial charge is 0.327 e. The lowest BCUT2D eigenvalue weighted by Gasteiger charge is -2.34. The molecule has 1 fully saturated rings. The van der Waals surface area contributed by atoms with Crippen molar-refractivity contribution in [1.29, 1.82) is 0 Å². The molecular formula is C16H26N2. The summed E-state index contributed by atoms with van der Waals surface area (Å²) in [6, 6.07) is 9.26. The van der Waals surface area contributed by atoms with E-state index in [1.54, 1.807) is 0 Å². The highest BCUT2D eigenvalue weighted by atomic mass is 15.1. The molecule has 2 nitrogen and oxygen atoms in total. The Morgan fingerprint density at radius 2 is 2.06 bits per heavy atom. The van der Waals surface area contributed by atoms with Crippen molar-refractivity contribution in [2.45, 2.75) is 45.7 Å². The second-order valence-corrected chi connectivity index (χ2v) is 5.67. The molecule has 100 valence electrons. The van der Waals surface area contributed by atoms with E-state index in [4.69, 9.17) is 5.73 Å². The van der Waals surface area contributed by atoms with Gasteiger partial charge in [0, 0.05) is 12.6 Å². The van der Waals surface area contributed by atoms with E-state index >= 15 is 0 Å². The lowest BCUT2D eigenvalue weighted by Crippen LogP contribution is -2.40. The first-order valence-electron chi connectivity index (χ1n) is 7.22. The maximum Gasteiger partial charge on any atom is 0.0233 e. The zero-order valence-electron chi connectivity index (χ0n) is 11.7. The Morgan fingerprint density at radius 1 is 1.33 bits per heavy atom. The van der Waals surface area contributed by atoms with E-state index < -0.39 is 0 Å². The molecule has 1 aliphatic rings. The fourth-order valence-electron chi connectivity index (χ4n) is 2.94. The maximum absolute atomic E-state index is 6.15. The number of likely N-dealkylation sites (tertiary alicyclic amines) is 1. The third kappa shape index (κ3) is 3.56. The molecule has 0 bridgehead atoms. The van der Waals surface area contributed by atoms with Gasteiger partial charge in [0.25, 0.3) is 0 Å². The third-order valence-electron chi connectivity index (χ3n) is 4.20. The van der Waals surface area contributed by atoms with E-state index in [2.05, 4.69) is 43.0 Å². The summed E-state index contributed by atoms with van der Waals surface area (Å²) >= 11 is 0. The van der Waals surface area contributed by atoms with Crippen molar-refractivity contribution in [3.63, 3.8) is 0 Å². The number of nitrogens with zero attached hydrogens (tertiary/aromatic N) is 1. The SMILES string of the molecule is CCC(N)C1CCN(Cc2cccc(C)c2)CC1. The molecule has 1 saturated heterocycles. The van der Waals surface area contributed by atoms with Crippen LogP contribution in [0, 0.1) is 12.8 Å². The minimum absolute atomic E-state index is 0.408. The van der Waals surface area contributed by atoms with Crippen LogP contribution in [0.4, 0.5) is 0 Å². The molecule has 1 heterocycles. The Hall–Kier alpha value is -0.860. The Kier molecular flexibility index (Phi) is 4.79. The molecule has 1 aromatic rings.